The van der Waals surface area contributed by atoms with Gasteiger partial charge in [-0.15, -0.1) is 11.3 Å². The normalized spacial score (nSPS) is 15.5. The van der Waals surface area contributed by atoms with E-state index in [4.69, 9.17) is 4.74 Å². The lowest BCUT2D eigenvalue weighted by atomic mass is 10.0. The molecule has 0 bridgehead atoms. The topological polar surface area (TPSA) is 95.3 Å². The minimum atomic E-state index is -3.40. The molecule has 7 nitrogen and oxygen atoms in total. The smallest absolute Gasteiger partial charge is 0.225 e. The number of nitrogens with zero attached hydrogens (tertiary/aromatic N) is 3. The number of aromatic nitrogens is 1. The molecule has 1 aliphatic carbocycles. The molecule has 1 aliphatic rings. The molecule has 0 fully saturated rings. The van der Waals surface area contributed by atoms with Gasteiger partial charge in [-0.25, -0.2) is 18.1 Å². The molecule has 1 aromatic heterocycles. The summed E-state index contributed by atoms with van der Waals surface area (Å²) in [5.74, 6) is 0.532. The monoisotopic (exact) mass is 496 g/mol. The van der Waals surface area contributed by atoms with Crippen LogP contribution in [0, 0.1) is 11.3 Å². The van der Waals surface area contributed by atoms with Crippen molar-refractivity contribution < 1.29 is 13.2 Å². The zero-order valence-corrected chi connectivity index (χ0v) is 21.3. The van der Waals surface area contributed by atoms with Gasteiger partial charge in [0.2, 0.25) is 10.0 Å². The van der Waals surface area contributed by atoms with Crippen molar-refractivity contribution in [3.63, 3.8) is 0 Å². The van der Waals surface area contributed by atoms with Crippen LogP contribution in [-0.4, -0.2) is 44.4 Å². The highest BCUT2D eigenvalue weighted by atomic mass is 32.2. The molecule has 0 unspecified atom stereocenters. The van der Waals surface area contributed by atoms with Crippen molar-refractivity contribution in [2.45, 2.75) is 38.8 Å². The van der Waals surface area contributed by atoms with Gasteiger partial charge < -0.3 is 4.74 Å². The number of hydrogen-bond donors (Lipinski definition) is 1. The lowest BCUT2D eigenvalue weighted by Gasteiger charge is -2.17. The van der Waals surface area contributed by atoms with Crippen LogP contribution in [0.15, 0.2) is 42.6 Å². The summed E-state index contributed by atoms with van der Waals surface area (Å²) < 4.78 is 33.5. The van der Waals surface area contributed by atoms with Gasteiger partial charge in [0.05, 0.1) is 16.5 Å². The van der Waals surface area contributed by atoms with E-state index in [0.29, 0.717) is 11.3 Å². The third kappa shape index (κ3) is 5.31. The van der Waals surface area contributed by atoms with Crippen LogP contribution < -0.4 is 9.46 Å². The number of rotatable bonds is 8. The van der Waals surface area contributed by atoms with Gasteiger partial charge in [-0.1, -0.05) is 18.2 Å². The molecule has 3 aromatic rings. The van der Waals surface area contributed by atoms with Crippen molar-refractivity contribution >= 4 is 21.4 Å². The summed E-state index contributed by atoms with van der Waals surface area (Å²) >= 11 is 1.56. The molecule has 0 radical (unpaired) electrons. The number of ether oxygens (including phenoxy) is 1. The van der Waals surface area contributed by atoms with Gasteiger partial charge in [0.1, 0.15) is 22.7 Å². The maximum Gasteiger partial charge on any atom is 0.225 e. The molecule has 2 aromatic carbocycles. The quantitative estimate of drug-likeness (QED) is 0.491. The van der Waals surface area contributed by atoms with E-state index in [2.05, 4.69) is 21.8 Å². The lowest BCUT2D eigenvalue weighted by molar-refractivity contribution is 0.242. The molecule has 178 valence electrons. The molecule has 9 heteroatoms. The maximum atomic E-state index is 12.5. The third-order valence-corrected chi connectivity index (χ3v) is 8.08. The Morgan fingerprint density at radius 3 is 2.79 bits per heavy atom. The standard InChI is InChI=1S/C25H28N4O3S2/c1-16(2)32-23-11-8-17(12-18(23)13-26)25-27-14-24(33-25)21-7-5-6-20-19(21)9-10-22(20)28-34(30,31)15-29(3)4/h5-8,11-12,14,16,22,28H,9-10,15H2,1-4H3/t22-/m1/s1. The van der Waals surface area contributed by atoms with E-state index in [1.807, 2.05) is 50.4 Å². The highest BCUT2D eigenvalue weighted by Gasteiger charge is 2.29. The Balaban J connectivity index is 1.61. The average Bonchev–Trinajstić information content (AvgIpc) is 3.40. The fourth-order valence-corrected chi connectivity index (χ4v) is 6.64. The molecule has 0 saturated carbocycles. The maximum absolute atomic E-state index is 12.5. The van der Waals surface area contributed by atoms with Gasteiger partial charge >= 0.3 is 0 Å². The fraction of sp³-hybridized carbons (Fsp3) is 0.360. The van der Waals surface area contributed by atoms with Crippen molar-refractivity contribution in [3.05, 3.63) is 59.3 Å². The summed E-state index contributed by atoms with van der Waals surface area (Å²) in [6, 6.07) is 13.6. The molecule has 4 rings (SSSR count). The molecule has 1 N–H and O–H groups in total. The van der Waals surface area contributed by atoms with E-state index in [1.165, 1.54) is 0 Å². The largest absolute Gasteiger partial charge is 0.490 e. The Morgan fingerprint density at radius 2 is 2.09 bits per heavy atom. The number of fused-ring (bicyclic) bond motifs is 1. The Kier molecular flexibility index (Phi) is 7.05. The lowest BCUT2D eigenvalue weighted by Crippen LogP contribution is -2.34. The molecule has 0 saturated heterocycles. The molecule has 0 spiro atoms. The summed E-state index contributed by atoms with van der Waals surface area (Å²) in [7, 11) is 0.0790. The second-order valence-corrected chi connectivity index (χ2v) is 11.7. The van der Waals surface area contributed by atoms with Crippen LogP contribution in [0.4, 0.5) is 0 Å². The van der Waals surface area contributed by atoms with Gasteiger partial charge in [-0.2, -0.15) is 5.26 Å². The Hall–Kier alpha value is -2.77. The first kappa shape index (κ1) is 24.4. The van der Waals surface area contributed by atoms with E-state index in [1.54, 1.807) is 30.3 Å². The second kappa shape index (κ2) is 9.84. The second-order valence-electron chi connectivity index (χ2n) is 8.92. The van der Waals surface area contributed by atoms with Crippen LogP contribution >= 0.6 is 11.3 Å². The van der Waals surface area contributed by atoms with E-state index < -0.39 is 10.0 Å². The van der Waals surface area contributed by atoms with Gasteiger partial charge in [0.25, 0.3) is 0 Å². The first-order valence-corrected chi connectivity index (χ1v) is 13.6. The molecule has 34 heavy (non-hydrogen) atoms. The van der Waals surface area contributed by atoms with Gasteiger partial charge in [-0.3, -0.25) is 4.90 Å². The fourth-order valence-electron chi connectivity index (χ4n) is 4.24. The Labute approximate surface area is 205 Å². The summed E-state index contributed by atoms with van der Waals surface area (Å²) in [5.41, 5.74) is 4.61. The first-order valence-electron chi connectivity index (χ1n) is 11.1. The van der Waals surface area contributed by atoms with Crippen LogP contribution in [0.3, 0.4) is 0 Å². The number of nitrogens with one attached hydrogen (secondary N) is 1. The number of sulfonamides is 1. The first-order chi connectivity index (χ1) is 16.2. The third-order valence-electron chi connectivity index (χ3n) is 5.50. The van der Waals surface area contributed by atoms with E-state index >= 15 is 0 Å². The molecule has 0 amide bonds. The molecular formula is C25H28N4O3S2. The van der Waals surface area contributed by atoms with Crippen molar-refractivity contribution in [1.82, 2.24) is 14.6 Å². The average molecular weight is 497 g/mol. The van der Waals surface area contributed by atoms with Crippen molar-refractivity contribution in [2.24, 2.45) is 0 Å². The molecule has 0 aliphatic heterocycles. The van der Waals surface area contributed by atoms with Crippen LogP contribution in [0.25, 0.3) is 21.0 Å². The number of hydrogen-bond acceptors (Lipinski definition) is 7. The molecule has 1 heterocycles. The Bertz CT molecular complexity index is 1340. The van der Waals surface area contributed by atoms with E-state index in [0.717, 1.165) is 45.0 Å². The minimum absolute atomic E-state index is 0.0132. The highest BCUT2D eigenvalue weighted by molar-refractivity contribution is 7.89. The number of nitriles is 1. The van der Waals surface area contributed by atoms with Crippen LogP contribution in [0.5, 0.6) is 5.75 Å². The summed E-state index contributed by atoms with van der Waals surface area (Å²) in [6.07, 6.45) is 3.37. The molecular weight excluding hydrogens is 468 g/mol. The van der Waals surface area contributed by atoms with Gasteiger partial charge in [0, 0.05) is 17.8 Å². The molecule has 1 atom stereocenters. The van der Waals surface area contributed by atoms with Crippen molar-refractivity contribution in [1.29, 1.82) is 5.26 Å². The number of thiazole rings is 1. The van der Waals surface area contributed by atoms with E-state index in [-0.39, 0.29) is 18.0 Å². The summed E-state index contributed by atoms with van der Waals surface area (Å²) in [5, 5.41) is 10.4. The van der Waals surface area contributed by atoms with Crippen LogP contribution in [-0.2, 0) is 16.4 Å². The van der Waals surface area contributed by atoms with Crippen LogP contribution in [0.1, 0.15) is 43.0 Å². The predicted octanol–water partition coefficient (Wildman–Crippen LogP) is 4.56. The predicted molar refractivity (Wildman–Crippen MR) is 135 cm³/mol. The summed E-state index contributed by atoms with van der Waals surface area (Å²) in [6.45, 7) is 3.86. The van der Waals surface area contributed by atoms with Gasteiger partial charge in [0.15, 0.2) is 0 Å². The van der Waals surface area contributed by atoms with Crippen molar-refractivity contribution in [3.8, 4) is 32.8 Å². The Morgan fingerprint density at radius 1 is 1.29 bits per heavy atom. The SMILES string of the molecule is CC(C)Oc1ccc(-c2ncc(-c3cccc4c3CC[C@H]4NS(=O)(=O)CN(C)C)s2)cc1C#N. The summed E-state index contributed by atoms with van der Waals surface area (Å²) in [4.78, 5) is 7.28. The van der Waals surface area contributed by atoms with Gasteiger partial charge in [-0.05, 0) is 75.7 Å². The number of benzene rings is 2. The van der Waals surface area contributed by atoms with Crippen LogP contribution in [0.2, 0.25) is 0 Å². The zero-order valence-electron chi connectivity index (χ0n) is 19.7. The highest BCUT2D eigenvalue weighted by Crippen LogP contribution is 2.41. The zero-order chi connectivity index (χ0) is 24.5. The minimum Gasteiger partial charge on any atom is -0.490 e. The van der Waals surface area contributed by atoms with Crippen molar-refractivity contribution in [2.75, 3.05) is 20.0 Å². The van der Waals surface area contributed by atoms with E-state index in [9.17, 15) is 13.7 Å².